The van der Waals surface area contributed by atoms with Crippen molar-refractivity contribution in [2.24, 2.45) is 0 Å². The fourth-order valence-corrected chi connectivity index (χ4v) is 8.15. The van der Waals surface area contributed by atoms with Crippen LogP contribution in [0.4, 0.5) is 0 Å². The van der Waals surface area contributed by atoms with Crippen molar-refractivity contribution in [2.75, 3.05) is 19.8 Å². The molecule has 0 saturated carbocycles. The Bertz CT molecular complexity index is 1330. The monoisotopic (exact) mass is 973 g/mol. The van der Waals surface area contributed by atoms with E-state index >= 15 is 0 Å². The molecule has 0 N–H and O–H groups in total. The lowest BCUT2D eigenvalue weighted by Gasteiger charge is -2.18. The summed E-state index contributed by atoms with van der Waals surface area (Å²) < 4.78 is 17.5. The Hall–Kier alpha value is -3.18. The van der Waals surface area contributed by atoms with Gasteiger partial charge in [-0.1, -0.05) is 240 Å². The second-order valence-electron chi connectivity index (χ2n) is 19.5. The molecule has 402 valence electrons. The number of hydrogen-bond acceptors (Lipinski definition) is 5. The van der Waals surface area contributed by atoms with Crippen molar-refractivity contribution in [1.29, 1.82) is 0 Å². The number of carbonyl (C=O) groups excluding carboxylic acids is 2. The van der Waals surface area contributed by atoms with Crippen LogP contribution in [0.15, 0.2) is 97.2 Å². The van der Waals surface area contributed by atoms with E-state index < -0.39 is 6.10 Å². The fraction of sp³-hybridized carbons (Fsp3) is 0.723. The third-order valence-corrected chi connectivity index (χ3v) is 12.6. The zero-order chi connectivity index (χ0) is 50.6. The van der Waals surface area contributed by atoms with Crippen LogP contribution in [-0.2, 0) is 23.8 Å². The minimum Gasteiger partial charge on any atom is -0.462 e. The third-order valence-electron chi connectivity index (χ3n) is 12.6. The maximum atomic E-state index is 12.9. The lowest BCUT2D eigenvalue weighted by Crippen LogP contribution is -2.30. The molecule has 0 aromatic heterocycles. The highest BCUT2D eigenvalue weighted by molar-refractivity contribution is 5.70. The predicted molar refractivity (Wildman–Crippen MR) is 306 cm³/mol. The van der Waals surface area contributed by atoms with Crippen LogP contribution in [0, 0.1) is 0 Å². The molecule has 0 aliphatic heterocycles. The second kappa shape index (κ2) is 60.1. The highest BCUT2D eigenvalue weighted by atomic mass is 16.6. The van der Waals surface area contributed by atoms with Gasteiger partial charge in [0.15, 0.2) is 6.10 Å². The lowest BCUT2D eigenvalue weighted by atomic mass is 10.1. The molecule has 0 aliphatic carbocycles. The molecule has 0 saturated heterocycles. The van der Waals surface area contributed by atoms with Crippen LogP contribution >= 0.6 is 0 Å². The molecule has 0 aromatic rings. The number of hydrogen-bond donors (Lipinski definition) is 0. The molecule has 0 fully saturated rings. The smallest absolute Gasteiger partial charge is 0.306 e. The number of carbonyl (C=O) groups is 2. The first-order valence-electron chi connectivity index (χ1n) is 29.8. The number of allylic oxidation sites excluding steroid dienone is 16. The van der Waals surface area contributed by atoms with E-state index in [4.69, 9.17) is 14.2 Å². The van der Waals surface area contributed by atoms with E-state index in [1.54, 1.807) is 0 Å². The molecule has 70 heavy (non-hydrogen) atoms. The van der Waals surface area contributed by atoms with E-state index in [1.807, 2.05) is 0 Å². The van der Waals surface area contributed by atoms with E-state index in [9.17, 15) is 9.59 Å². The minimum absolute atomic E-state index is 0.0593. The molecule has 1 atom stereocenters. The van der Waals surface area contributed by atoms with Crippen LogP contribution in [0.25, 0.3) is 0 Å². The highest BCUT2D eigenvalue weighted by Gasteiger charge is 2.17. The van der Waals surface area contributed by atoms with Crippen LogP contribution in [0.1, 0.15) is 278 Å². The molecule has 5 nitrogen and oxygen atoms in total. The summed E-state index contributed by atoms with van der Waals surface area (Å²) in [6, 6.07) is 0. The maximum Gasteiger partial charge on any atom is 0.306 e. The van der Waals surface area contributed by atoms with Crippen LogP contribution in [-0.4, -0.2) is 37.9 Å². The first-order chi connectivity index (χ1) is 34.6. The normalized spacial score (nSPS) is 12.9. The molecule has 5 heteroatoms. The number of ether oxygens (including phenoxy) is 3. The van der Waals surface area contributed by atoms with Gasteiger partial charge in [0.25, 0.3) is 0 Å². The van der Waals surface area contributed by atoms with E-state index in [2.05, 4.69) is 118 Å². The topological polar surface area (TPSA) is 61.8 Å². The van der Waals surface area contributed by atoms with Crippen LogP contribution < -0.4 is 0 Å². The first kappa shape index (κ1) is 66.8. The summed E-state index contributed by atoms with van der Waals surface area (Å²) in [7, 11) is 0. The van der Waals surface area contributed by atoms with E-state index in [0.717, 1.165) is 96.3 Å². The van der Waals surface area contributed by atoms with Crippen LogP contribution in [0.2, 0.25) is 0 Å². The Kier molecular flexibility index (Phi) is 57.4. The largest absolute Gasteiger partial charge is 0.462 e. The highest BCUT2D eigenvalue weighted by Crippen LogP contribution is 2.15. The zero-order valence-electron chi connectivity index (χ0n) is 46.3. The SMILES string of the molecule is CC/C=C\C/C=C\C/C=C\C/C=C\C/C=C\CCCCCC(=O)OCC(COCCCCCCCC/C=C\C/C=C\CCCCC)OC(=O)CCCCCCCCCCC/C=C\CCCCCCCC. The van der Waals surface area contributed by atoms with Gasteiger partial charge in [0.05, 0.1) is 6.61 Å². The summed E-state index contributed by atoms with van der Waals surface area (Å²) in [5.74, 6) is -0.439. The molecule has 0 radical (unpaired) electrons. The third kappa shape index (κ3) is 57.4. The van der Waals surface area contributed by atoms with E-state index in [0.29, 0.717) is 19.4 Å². The molecule has 0 amide bonds. The first-order valence-corrected chi connectivity index (χ1v) is 29.8. The Labute approximate surface area is 434 Å². The van der Waals surface area contributed by atoms with Gasteiger partial charge in [-0.15, -0.1) is 0 Å². The summed E-state index contributed by atoms with van der Waals surface area (Å²) >= 11 is 0. The van der Waals surface area contributed by atoms with Crippen LogP contribution in [0.3, 0.4) is 0 Å². The van der Waals surface area contributed by atoms with Gasteiger partial charge in [-0.25, -0.2) is 0 Å². The Morgan fingerprint density at radius 1 is 0.329 bits per heavy atom. The summed E-state index contributed by atoms with van der Waals surface area (Å²) in [6.45, 7) is 7.65. The van der Waals surface area contributed by atoms with Gasteiger partial charge in [-0.05, 0) is 122 Å². The van der Waals surface area contributed by atoms with Gasteiger partial charge in [-0.2, -0.15) is 0 Å². The molecule has 0 heterocycles. The quantitative estimate of drug-likeness (QED) is 0.0345. The Morgan fingerprint density at radius 3 is 1.09 bits per heavy atom. The van der Waals surface area contributed by atoms with Crippen molar-refractivity contribution >= 4 is 11.9 Å². The van der Waals surface area contributed by atoms with Crippen molar-refractivity contribution in [3.8, 4) is 0 Å². The minimum atomic E-state index is -0.563. The summed E-state index contributed by atoms with van der Waals surface area (Å²) in [6.07, 6.45) is 81.4. The second-order valence-corrected chi connectivity index (χ2v) is 19.5. The van der Waals surface area contributed by atoms with Gasteiger partial charge in [0.2, 0.25) is 0 Å². The molecule has 0 aliphatic rings. The van der Waals surface area contributed by atoms with Crippen molar-refractivity contribution in [2.45, 2.75) is 284 Å². The molecule has 0 spiro atoms. The van der Waals surface area contributed by atoms with Crippen molar-refractivity contribution in [1.82, 2.24) is 0 Å². The molecule has 0 rings (SSSR count). The number of esters is 2. The van der Waals surface area contributed by atoms with Crippen molar-refractivity contribution in [3.63, 3.8) is 0 Å². The fourth-order valence-electron chi connectivity index (χ4n) is 8.15. The summed E-state index contributed by atoms with van der Waals surface area (Å²) in [5, 5.41) is 0. The molecular weight excluding hydrogens is 861 g/mol. The van der Waals surface area contributed by atoms with Crippen LogP contribution in [0.5, 0.6) is 0 Å². The molecule has 0 aromatic carbocycles. The van der Waals surface area contributed by atoms with Gasteiger partial charge >= 0.3 is 11.9 Å². The standard InChI is InChI=1S/C65H112O5/c1-4-7-10-13-16-19-22-25-28-31-33-35-37-40-43-46-49-52-55-58-64(66)69-62-63(61-68-60-57-54-51-48-45-42-39-30-27-24-21-18-15-12-9-6-3)70-65(67)59-56-53-50-47-44-41-38-36-34-32-29-26-23-20-17-14-11-8-5-2/h7,10,16,18-19,21,25-30,33,35,40,43,63H,4-6,8-9,11-15,17,20,22-24,31-32,34,36-39,41-42,44-62H2,1-3H3/b10-7-,19-16-,21-18-,28-25-,29-26-,30-27-,35-33-,43-40-. The average molecular weight is 974 g/mol. The zero-order valence-corrected chi connectivity index (χ0v) is 46.3. The van der Waals surface area contributed by atoms with E-state index in [-0.39, 0.29) is 25.2 Å². The van der Waals surface area contributed by atoms with Gasteiger partial charge in [-0.3, -0.25) is 9.59 Å². The Balaban J connectivity index is 4.36. The molecular formula is C65H112O5. The Morgan fingerprint density at radius 2 is 0.643 bits per heavy atom. The molecule has 1 unspecified atom stereocenters. The van der Waals surface area contributed by atoms with Gasteiger partial charge in [0, 0.05) is 19.4 Å². The van der Waals surface area contributed by atoms with Crippen molar-refractivity contribution < 1.29 is 23.8 Å². The van der Waals surface area contributed by atoms with Gasteiger partial charge < -0.3 is 14.2 Å². The maximum absolute atomic E-state index is 12.9. The summed E-state index contributed by atoms with van der Waals surface area (Å²) in [5.41, 5.74) is 0. The molecule has 0 bridgehead atoms. The van der Waals surface area contributed by atoms with E-state index in [1.165, 1.54) is 148 Å². The predicted octanol–water partition coefficient (Wildman–Crippen LogP) is 20.6. The van der Waals surface area contributed by atoms with Gasteiger partial charge in [0.1, 0.15) is 6.61 Å². The summed E-state index contributed by atoms with van der Waals surface area (Å²) in [4.78, 5) is 25.6. The van der Waals surface area contributed by atoms with Crippen molar-refractivity contribution in [3.05, 3.63) is 97.2 Å². The average Bonchev–Trinajstić information content (AvgIpc) is 3.36. The number of unbranched alkanes of at least 4 members (excludes halogenated alkanes) is 27. The lowest BCUT2D eigenvalue weighted by molar-refractivity contribution is -0.163. The number of rotatable bonds is 54.